The zero-order valence-corrected chi connectivity index (χ0v) is 10.2. The van der Waals surface area contributed by atoms with Crippen LogP contribution in [0, 0.1) is 6.92 Å². The lowest BCUT2D eigenvalue weighted by atomic mass is 10.1. The molecule has 86 valence electrons. The fourth-order valence-electron chi connectivity index (χ4n) is 2.44. The summed E-state index contributed by atoms with van der Waals surface area (Å²) in [5.41, 5.74) is 1.48. The summed E-state index contributed by atoms with van der Waals surface area (Å²) < 4.78 is 0. The Hall–Kier alpha value is -0.800. The maximum Gasteiger partial charge on any atom is 0.133 e. The number of hydrogen-bond donors (Lipinski definition) is 1. The number of piperazine rings is 1. The predicted octanol–water partition coefficient (Wildman–Crippen LogP) is 1.99. The molecule has 3 nitrogen and oxygen atoms in total. The number of nitrogens with zero attached hydrogens (tertiary/aromatic N) is 2. The lowest BCUT2D eigenvalue weighted by Gasteiger charge is -2.35. The molecule has 0 radical (unpaired) electrons. The largest absolute Gasteiger partial charge is 0.353 e. The standard InChI is InChI=1S/C12H16ClN3/c1-9-10(13)2-5-14-11(9)16-7-6-15-12(8-16)3-4-12/h2,5,15H,3-4,6-8H2,1H3. The van der Waals surface area contributed by atoms with Crippen molar-refractivity contribution in [2.75, 3.05) is 24.5 Å². The van der Waals surface area contributed by atoms with E-state index in [9.17, 15) is 0 Å². The average Bonchev–Trinajstić information content (AvgIpc) is 3.02. The summed E-state index contributed by atoms with van der Waals surface area (Å²) in [6, 6.07) is 1.86. The number of halogens is 1. The van der Waals surface area contributed by atoms with Crippen LogP contribution in [0.1, 0.15) is 18.4 Å². The van der Waals surface area contributed by atoms with Crippen LogP contribution in [-0.4, -0.2) is 30.2 Å². The van der Waals surface area contributed by atoms with Crippen molar-refractivity contribution in [3.63, 3.8) is 0 Å². The van der Waals surface area contributed by atoms with E-state index >= 15 is 0 Å². The minimum absolute atomic E-state index is 0.384. The van der Waals surface area contributed by atoms with Crippen LogP contribution >= 0.6 is 11.6 Å². The van der Waals surface area contributed by atoms with Crippen molar-refractivity contribution in [2.45, 2.75) is 25.3 Å². The Bertz CT molecular complexity index is 415. The van der Waals surface area contributed by atoms with Gasteiger partial charge in [0.15, 0.2) is 0 Å². The summed E-state index contributed by atoms with van der Waals surface area (Å²) in [5.74, 6) is 1.06. The first kappa shape index (κ1) is 10.4. The Balaban J connectivity index is 1.88. The van der Waals surface area contributed by atoms with Gasteiger partial charge in [-0.3, -0.25) is 0 Å². The first-order chi connectivity index (χ1) is 7.70. The maximum atomic E-state index is 6.14. The third-order valence-electron chi connectivity index (χ3n) is 3.64. The highest BCUT2D eigenvalue weighted by molar-refractivity contribution is 6.31. The Labute approximate surface area is 101 Å². The van der Waals surface area contributed by atoms with Gasteiger partial charge in [-0.2, -0.15) is 0 Å². The number of pyridine rings is 1. The smallest absolute Gasteiger partial charge is 0.133 e. The van der Waals surface area contributed by atoms with E-state index in [0.29, 0.717) is 5.54 Å². The zero-order chi connectivity index (χ0) is 11.2. The van der Waals surface area contributed by atoms with Crippen LogP contribution in [0.3, 0.4) is 0 Å². The van der Waals surface area contributed by atoms with Gasteiger partial charge in [-0.25, -0.2) is 4.98 Å². The molecule has 1 aliphatic carbocycles. The van der Waals surface area contributed by atoms with Crippen LogP contribution in [0.25, 0.3) is 0 Å². The molecule has 3 rings (SSSR count). The van der Waals surface area contributed by atoms with Crippen LogP contribution in [0.15, 0.2) is 12.3 Å². The van der Waals surface area contributed by atoms with Crippen LogP contribution in [0.5, 0.6) is 0 Å². The van der Waals surface area contributed by atoms with E-state index < -0.39 is 0 Å². The summed E-state index contributed by atoms with van der Waals surface area (Å²) in [4.78, 5) is 6.84. The molecule has 2 aliphatic rings. The lowest BCUT2D eigenvalue weighted by molar-refractivity contribution is 0.440. The Morgan fingerprint density at radius 1 is 1.50 bits per heavy atom. The highest BCUT2D eigenvalue weighted by Crippen LogP contribution is 2.39. The van der Waals surface area contributed by atoms with E-state index in [-0.39, 0.29) is 0 Å². The van der Waals surface area contributed by atoms with Crippen LogP contribution in [-0.2, 0) is 0 Å². The van der Waals surface area contributed by atoms with Crippen LogP contribution < -0.4 is 10.2 Å². The van der Waals surface area contributed by atoms with E-state index in [0.717, 1.165) is 36.0 Å². The summed E-state index contributed by atoms with van der Waals surface area (Å²) >= 11 is 6.14. The Morgan fingerprint density at radius 2 is 2.31 bits per heavy atom. The number of rotatable bonds is 1. The second-order valence-corrected chi connectivity index (χ2v) is 5.28. The molecule has 0 bridgehead atoms. The summed E-state index contributed by atoms with van der Waals surface area (Å²) in [6.07, 6.45) is 4.39. The third-order valence-corrected chi connectivity index (χ3v) is 4.05. The molecule has 0 atom stereocenters. The molecule has 0 aromatic carbocycles. The number of nitrogens with one attached hydrogen (secondary N) is 1. The fraction of sp³-hybridized carbons (Fsp3) is 0.583. The lowest BCUT2D eigenvalue weighted by Crippen LogP contribution is -2.53. The molecule has 4 heteroatoms. The van der Waals surface area contributed by atoms with Crippen molar-refractivity contribution in [1.82, 2.24) is 10.3 Å². The van der Waals surface area contributed by atoms with Gasteiger partial charge in [0.25, 0.3) is 0 Å². The fourth-order valence-corrected chi connectivity index (χ4v) is 2.58. The van der Waals surface area contributed by atoms with Crippen molar-refractivity contribution in [3.05, 3.63) is 22.8 Å². The quantitative estimate of drug-likeness (QED) is 0.810. The first-order valence-electron chi connectivity index (χ1n) is 5.81. The van der Waals surface area contributed by atoms with Gasteiger partial charge in [0.1, 0.15) is 5.82 Å². The molecule has 2 heterocycles. The number of hydrogen-bond acceptors (Lipinski definition) is 3. The molecule has 1 spiro atoms. The molecule has 1 aromatic heterocycles. The molecule has 1 N–H and O–H groups in total. The summed E-state index contributed by atoms with van der Waals surface area (Å²) in [6.45, 7) is 5.19. The maximum absolute atomic E-state index is 6.14. The monoisotopic (exact) mass is 237 g/mol. The third kappa shape index (κ3) is 1.68. The van der Waals surface area contributed by atoms with Crippen LogP contribution in [0.4, 0.5) is 5.82 Å². The van der Waals surface area contributed by atoms with Gasteiger partial charge in [-0.15, -0.1) is 0 Å². The van der Waals surface area contributed by atoms with Gasteiger partial charge in [0, 0.05) is 42.0 Å². The minimum Gasteiger partial charge on any atom is -0.353 e. The highest BCUT2D eigenvalue weighted by atomic mass is 35.5. The van der Waals surface area contributed by atoms with Crippen LogP contribution in [0.2, 0.25) is 5.02 Å². The van der Waals surface area contributed by atoms with Gasteiger partial charge in [-0.1, -0.05) is 11.6 Å². The van der Waals surface area contributed by atoms with Crippen molar-refractivity contribution in [1.29, 1.82) is 0 Å². The topological polar surface area (TPSA) is 28.2 Å². The summed E-state index contributed by atoms with van der Waals surface area (Å²) in [7, 11) is 0. The number of aromatic nitrogens is 1. The first-order valence-corrected chi connectivity index (χ1v) is 6.19. The molecule has 1 aromatic rings. The molecule has 1 saturated carbocycles. The highest BCUT2D eigenvalue weighted by Gasteiger charge is 2.45. The molecule has 0 amide bonds. The number of anilines is 1. The molecular weight excluding hydrogens is 222 g/mol. The van der Waals surface area contributed by atoms with Crippen molar-refractivity contribution in [3.8, 4) is 0 Å². The molecule has 0 unspecified atom stereocenters. The molecular formula is C12H16ClN3. The van der Waals surface area contributed by atoms with Crippen molar-refractivity contribution < 1.29 is 0 Å². The van der Waals surface area contributed by atoms with Gasteiger partial charge in [0.2, 0.25) is 0 Å². The second-order valence-electron chi connectivity index (χ2n) is 4.87. The normalized spacial score (nSPS) is 22.5. The Kier molecular flexibility index (Phi) is 2.33. The second kappa shape index (κ2) is 3.60. The van der Waals surface area contributed by atoms with Gasteiger partial charge in [0.05, 0.1) is 0 Å². The van der Waals surface area contributed by atoms with E-state index in [1.165, 1.54) is 12.8 Å². The molecule has 1 saturated heterocycles. The van der Waals surface area contributed by atoms with Gasteiger partial charge in [-0.05, 0) is 25.8 Å². The van der Waals surface area contributed by atoms with E-state index in [1.54, 1.807) is 6.20 Å². The average molecular weight is 238 g/mol. The van der Waals surface area contributed by atoms with Gasteiger partial charge < -0.3 is 10.2 Å². The molecule has 1 aliphatic heterocycles. The van der Waals surface area contributed by atoms with E-state index in [4.69, 9.17) is 11.6 Å². The predicted molar refractivity (Wildman–Crippen MR) is 66.2 cm³/mol. The van der Waals surface area contributed by atoms with E-state index in [1.807, 2.05) is 13.0 Å². The van der Waals surface area contributed by atoms with Gasteiger partial charge >= 0.3 is 0 Å². The SMILES string of the molecule is Cc1c(Cl)ccnc1N1CCNC2(CC2)C1. The summed E-state index contributed by atoms with van der Waals surface area (Å²) in [5, 5.41) is 4.41. The molecule has 16 heavy (non-hydrogen) atoms. The van der Waals surface area contributed by atoms with Crippen molar-refractivity contribution >= 4 is 17.4 Å². The molecule has 2 fully saturated rings. The van der Waals surface area contributed by atoms with E-state index in [2.05, 4.69) is 15.2 Å². The zero-order valence-electron chi connectivity index (χ0n) is 9.46. The van der Waals surface area contributed by atoms with Crippen molar-refractivity contribution in [2.24, 2.45) is 0 Å². The minimum atomic E-state index is 0.384. The Morgan fingerprint density at radius 3 is 3.06 bits per heavy atom.